The Morgan fingerprint density at radius 2 is 2.00 bits per heavy atom. The lowest BCUT2D eigenvalue weighted by atomic mass is 10.3. The van der Waals surface area contributed by atoms with Crippen LogP contribution in [-0.4, -0.2) is 4.83 Å². The molecule has 0 unspecified atom stereocenters. The monoisotopic (exact) mass is 210 g/mol. The van der Waals surface area contributed by atoms with Crippen LogP contribution in [0, 0.1) is 0 Å². The average Bonchev–Trinajstić information content (AvgIpc) is 1.78. The van der Waals surface area contributed by atoms with E-state index in [0.717, 1.165) is 12.5 Å². The van der Waals surface area contributed by atoms with Crippen LogP contribution >= 0.6 is 15.9 Å². The molecule has 58 valence electrons. The third kappa shape index (κ3) is 7.82. The van der Waals surface area contributed by atoms with Crippen LogP contribution in [0.15, 0.2) is 24.8 Å². The van der Waals surface area contributed by atoms with Gasteiger partial charge in [-0.1, -0.05) is 12.2 Å². The molecule has 0 aromatic carbocycles. The Morgan fingerprint density at radius 1 is 1.40 bits per heavy atom. The summed E-state index contributed by atoms with van der Waals surface area (Å²) < 4.78 is 23.9. The van der Waals surface area contributed by atoms with Gasteiger partial charge in [0.1, 0.15) is 0 Å². The number of rotatable bonds is 4. The highest BCUT2D eigenvalue weighted by molar-refractivity contribution is 9.10. The first-order chi connectivity index (χ1) is 4.56. The van der Waals surface area contributed by atoms with E-state index in [1.165, 1.54) is 6.08 Å². The Bertz CT molecular complexity index is 124. The summed E-state index contributed by atoms with van der Waals surface area (Å²) in [7, 11) is 0. The minimum atomic E-state index is -2.85. The summed E-state index contributed by atoms with van der Waals surface area (Å²) >= 11 is 2.18. The van der Waals surface area contributed by atoms with Gasteiger partial charge in [-0.25, -0.2) is 0 Å². The van der Waals surface area contributed by atoms with E-state index in [9.17, 15) is 8.78 Å². The topological polar surface area (TPSA) is 0 Å². The molecule has 0 rings (SSSR count). The minimum Gasteiger partial charge on any atom is -0.189 e. The maximum Gasteiger partial charge on any atom is 0.319 e. The van der Waals surface area contributed by atoms with Gasteiger partial charge in [0.2, 0.25) is 0 Å². The lowest BCUT2D eigenvalue weighted by Crippen LogP contribution is -1.96. The van der Waals surface area contributed by atoms with Crippen molar-refractivity contribution in [2.45, 2.75) is 17.7 Å². The molecule has 0 aliphatic heterocycles. The normalized spacial score (nSPS) is 12.3. The summed E-state index contributed by atoms with van der Waals surface area (Å²) in [4.78, 5) is -2.85. The maximum absolute atomic E-state index is 12.0. The largest absolute Gasteiger partial charge is 0.319 e. The highest BCUT2D eigenvalue weighted by atomic mass is 79.9. The molecule has 0 aliphatic carbocycles. The summed E-state index contributed by atoms with van der Waals surface area (Å²) in [6, 6.07) is 0. The van der Waals surface area contributed by atoms with Crippen molar-refractivity contribution in [1.29, 1.82) is 0 Å². The molecule has 0 saturated carbocycles. The van der Waals surface area contributed by atoms with Crippen molar-refractivity contribution in [3.05, 3.63) is 24.8 Å². The van der Waals surface area contributed by atoms with Crippen molar-refractivity contribution < 1.29 is 8.78 Å². The second-order valence-corrected chi connectivity index (χ2v) is 2.87. The zero-order valence-corrected chi connectivity index (χ0v) is 7.07. The fourth-order valence-electron chi connectivity index (χ4n) is 0.431. The van der Waals surface area contributed by atoms with Gasteiger partial charge in [-0.15, -0.1) is 6.58 Å². The molecule has 0 nitrogen and oxygen atoms in total. The standard InChI is InChI=1S/C7H9BrF2/c1-2-3-4-5-6-7(8,9)10/h2,5-6H,1,3-4H2/b6-5+. The summed E-state index contributed by atoms with van der Waals surface area (Å²) in [5.41, 5.74) is 0. The van der Waals surface area contributed by atoms with E-state index >= 15 is 0 Å². The fourth-order valence-corrected chi connectivity index (χ4v) is 0.618. The molecular weight excluding hydrogens is 202 g/mol. The molecule has 0 aromatic heterocycles. The molecular formula is C7H9BrF2. The second-order valence-electron chi connectivity index (χ2n) is 1.81. The van der Waals surface area contributed by atoms with Gasteiger partial charge in [0.25, 0.3) is 0 Å². The molecule has 0 heterocycles. The molecule has 0 N–H and O–H groups in total. The van der Waals surface area contributed by atoms with E-state index in [0.29, 0.717) is 6.42 Å². The van der Waals surface area contributed by atoms with Crippen molar-refractivity contribution in [3.8, 4) is 0 Å². The average molecular weight is 211 g/mol. The fraction of sp³-hybridized carbons (Fsp3) is 0.429. The highest BCUT2D eigenvalue weighted by Crippen LogP contribution is 2.22. The SMILES string of the molecule is C=CCC/C=C/C(F)(F)Br. The van der Waals surface area contributed by atoms with Crippen LogP contribution in [0.25, 0.3) is 0 Å². The van der Waals surface area contributed by atoms with Crippen molar-refractivity contribution in [1.82, 2.24) is 0 Å². The summed E-state index contributed by atoms with van der Waals surface area (Å²) in [5.74, 6) is 0. The van der Waals surface area contributed by atoms with E-state index in [4.69, 9.17) is 0 Å². The quantitative estimate of drug-likeness (QED) is 0.379. The molecule has 0 atom stereocenters. The molecule has 10 heavy (non-hydrogen) atoms. The first-order valence-electron chi connectivity index (χ1n) is 2.91. The summed E-state index contributed by atoms with van der Waals surface area (Å²) in [5, 5.41) is 0. The van der Waals surface area contributed by atoms with Crippen LogP contribution in [0.2, 0.25) is 0 Å². The van der Waals surface area contributed by atoms with E-state index < -0.39 is 4.83 Å². The number of halogens is 3. The lowest BCUT2D eigenvalue weighted by Gasteiger charge is -1.97. The van der Waals surface area contributed by atoms with Crippen LogP contribution in [0.4, 0.5) is 8.78 Å². The van der Waals surface area contributed by atoms with Crippen molar-refractivity contribution >= 4 is 15.9 Å². The third-order valence-electron chi connectivity index (χ3n) is 0.844. The lowest BCUT2D eigenvalue weighted by molar-refractivity contribution is 0.171. The summed E-state index contributed by atoms with van der Waals surface area (Å²) in [6.07, 6.45) is 5.30. The maximum atomic E-state index is 12.0. The van der Waals surface area contributed by atoms with E-state index in [1.807, 2.05) is 0 Å². The zero-order valence-electron chi connectivity index (χ0n) is 5.49. The van der Waals surface area contributed by atoms with Gasteiger partial charge in [-0.2, -0.15) is 8.78 Å². The smallest absolute Gasteiger partial charge is 0.189 e. The van der Waals surface area contributed by atoms with Crippen molar-refractivity contribution in [2.24, 2.45) is 0 Å². The van der Waals surface area contributed by atoms with Gasteiger partial charge >= 0.3 is 4.83 Å². The Hall–Kier alpha value is -0.180. The molecule has 0 radical (unpaired) electrons. The van der Waals surface area contributed by atoms with Gasteiger partial charge in [0, 0.05) is 0 Å². The van der Waals surface area contributed by atoms with Crippen LogP contribution in [0.5, 0.6) is 0 Å². The molecule has 0 fully saturated rings. The minimum absolute atomic E-state index is 0.616. The zero-order chi connectivity index (χ0) is 8.04. The predicted octanol–water partition coefficient (Wildman–Crippen LogP) is 3.50. The van der Waals surface area contributed by atoms with Gasteiger partial charge in [-0.3, -0.25) is 0 Å². The molecule has 0 aliphatic rings. The number of hydrogen-bond donors (Lipinski definition) is 0. The molecule has 0 aromatic rings. The van der Waals surface area contributed by atoms with Crippen LogP contribution in [0.3, 0.4) is 0 Å². The predicted molar refractivity (Wildman–Crippen MR) is 42.4 cm³/mol. The number of alkyl halides is 3. The van der Waals surface area contributed by atoms with Gasteiger partial charge in [-0.05, 0) is 34.8 Å². The Labute approximate surface area is 67.7 Å². The second kappa shape index (κ2) is 4.61. The molecule has 0 amide bonds. The van der Waals surface area contributed by atoms with E-state index in [1.54, 1.807) is 6.08 Å². The van der Waals surface area contributed by atoms with Gasteiger partial charge in [0.15, 0.2) is 0 Å². The van der Waals surface area contributed by atoms with Gasteiger partial charge < -0.3 is 0 Å². The first kappa shape index (κ1) is 9.82. The Morgan fingerprint density at radius 3 is 2.40 bits per heavy atom. The Kier molecular flexibility index (Phi) is 4.52. The molecule has 0 saturated heterocycles. The first-order valence-corrected chi connectivity index (χ1v) is 3.71. The van der Waals surface area contributed by atoms with Crippen LogP contribution < -0.4 is 0 Å². The van der Waals surface area contributed by atoms with E-state index in [-0.39, 0.29) is 0 Å². The summed E-state index contributed by atoms with van der Waals surface area (Å²) in [6.45, 7) is 3.46. The highest BCUT2D eigenvalue weighted by Gasteiger charge is 2.17. The van der Waals surface area contributed by atoms with Gasteiger partial charge in [0.05, 0.1) is 0 Å². The third-order valence-corrected chi connectivity index (χ3v) is 1.11. The molecule has 3 heteroatoms. The van der Waals surface area contributed by atoms with Crippen LogP contribution in [-0.2, 0) is 0 Å². The Balaban J connectivity index is 3.46. The molecule has 0 spiro atoms. The van der Waals surface area contributed by atoms with Crippen molar-refractivity contribution in [3.63, 3.8) is 0 Å². The number of allylic oxidation sites excluding steroid dienone is 3. The number of unbranched alkanes of at least 4 members (excludes halogenated alkanes) is 1. The van der Waals surface area contributed by atoms with Crippen molar-refractivity contribution in [2.75, 3.05) is 0 Å². The van der Waals surface area contributed by atoms with Crippen LogP contribution in [0.1, 0.15) is 12.8 Å². The molecule has 0 bridgehead atoms. The number of hydrogen-bond acceptors (Lipinski definition) is 0. The van der Waals surface area contributed by atoms with E-state index in [2.05, 4.69) is 22.5 Å².